The Kier molecular flexibility index (Phi) is 3.46. The average Bonchev–Trinajstić information content (AvgIpc) is 2.51. The van der Waals surface area contributed by atoms with E-state index in [1.807, 2.05) is 25.4 Å². The minimum Gasteiger partial charge on any atom is -0.508 e. The summed E-state index contributed by atoms with van der Waals surface area (Å²) < 4.78 is 0. The Morgan fingerprint density at radius 1 is 0.900 bits per heavy atom. The van der Waals surface area contributed by atoms with Gasteiger partial charge < -0.3 is 14.9 Å². The number of aromatic nitrogens is 1. The van der Waals surface area contributed by atoms with E-state index in [0.29, 0.717) is 5.75 Å². The summed E-state index contributed by atoms with van der Waals surface area (Å²) in [5.74, 6) is 0.365. The van der Waals surface area contributed by atoms with Crippen LogP contribution in [-0.4, -0.2) is 36.3 Å². The zero-order valence-electron chi connectivity index (χ0n) is 11.7. The zero-order chi connectivity index (χ0) is 13.9. The van der Waals surface area contributed by atoms with Crippen molar-refractivity contribution in [3.05, 3.63) is 48.3 Å². The van der Waals surface area contributed by atoms with Crippen molar-refractivity contribution in [3.63, 3.8) is 0 Å². The van der Waals surface area contributed by atoms with Crippen LogP contribution in [0.25, 0.3) is 0 Å². The van der Waals surface area contributed by atoms with Crippen LogP contribution in [0, 0.1) is 6.92 Å². The van der Waals surface area contributed by atoms with Gasteiger partial charge >= 0.3 is 0 Å². The topological polar surface area (TPSA) is 39.6 Å². The predicted molar refractivity (Wildman–Crippen MR) is 81.5 cm³/mol. The van der Waals surface area contributed by atoms with Crippen molar-refractivity contribution < 1.29 is 5.11 Å². The molecule has 0 amide bonds. The number of aryl methyl sites for hydroxylation is 1. The lowest BCUT2D eigenvalue weighted by atomic mass is 10.1. The number of phenols is 1. The lowest BCUT2D eigenvalue weighted by Crippen LogP contribution is -2.46. The maximum atomic E-state index is 9.60. The number of rotatable bonds is 2. The molecule has 104 valence electrons. The molecule has 1 aromatic heterocycles. The number of benzene rings is 1. The quantitative estimate of drug-likeness (QED) is 0.909. The van der Waals surface area contributed by atoms with Gasteiger partial charge in [0.05, 0.1) is 0 Å². The third-order valence-electron chi connectivity index (χ3n) is 3.85. The molecule has 2 aromatic rings. The molecule has 1 aliphatic rings. The molecule has 0 radical (unpaired) electrons. The number of hydrogen-bond acceptors (Lipinski definition) is 4. The van der Waals surface area contributed by atoms with E-state index in [0.717, 1.165) is 31.7 Å². The first-order chi connectivity index (χ1) is 9.74. The second-order valence-corrected chi connectivity index (χ2v) is 5.15. The molecule has 2 heterocycles. The molecule has 0 atom stereocenters. The number of anilines is 2. The average molecular weight is 269 g/mol. The molecule has 1 aliphatic heterocycles. The van der Waals surface area contributed by atoms with Crippen LogP contribution in [0.15, 0.2) is 42.7 Å². The molecule has 20 heavy (non-hydrogen) atoms. The fourth-order valence-electron chi connectivity index (χ4n) is 2.61. The fourth-order valence-corrected chi connectivity index (χ4v) is 2.61. The van der Waals surface area contributed by atoms with E-state index in [1.54, 1.807) is 6.07 Å². The molecule has 4 nitrogen and oxygen atoms in total. The molecule has 4 heteroatoms. The minimum absolute atomic E-state index is 0.365. The Bertz CT molecular complexity index is 578. The Hall–Kier alpha value is -2.23. The van der Waals surface area contributed by atoms with Crippen molar-refractivity contribution in [2.24, 2.45) is 0 Å². The van der Waals surface area contributed by atoms with E-state index in [4.69, 9.17) is 0 Å². The van der Waals surface area contributed by atoms with Crippen molar-refractivity contribution in [2.45, 2.75) is 6.92 Å². The van der Waals surface area contributed by atoms with Crippen molar-refractivity contribution in [1.82, 2.24) is 4.98 Å². The molecule has 0 bridgehead atoms. The fraction of sp³-hybridized carbons (Fsp3) is 0.312. The number of hydrogen-bond donors (Lipinski definition) is 1. The lowest BCUT2D eigenvalue weighted by molar-refractivity contribution is 0.471. The van der Waals surface area contributed by atoms with E-state index in [1.165, 1.54) is 11.4 Å². The van der Waals surface area contributed by atoms with Crippen LogP contribution >= 0.6 is 0 Å². The van der Waals surface area contributed by atoms with Gasteiger partial charge in [-0.2, -0.15) is 0 Å². The molecule has 3 rings (SSSR count). The van der Waals surface area contributed by atoms with Gasteiger partial charge in [-0.15, -0.1) is 0 Å². The Labute approximate surface area is 119 Å². The molecular weight excluding hydrogens is 250 g/mol. The van der Waals surface area contributed by atoms with E-state index >= 15 is 0 Å². The first-order valence-electron chi connectivity index (χ1n) is 6.93. The van der Waals surface area contributed by atoms with Crippen LogP contribution in [-0.2, 0) is 0 Å². The molecule has 0 unspecified atom stereocenters. The highest BCUT2D eigenvalue weighted by Crippen LogP contribution is 2.25. The molecule has 1 fully saturated rings. The summed E-state index contributed by atoms with van der Waals surface area (Å²) in [7, 11) is 0. The van der Waals surface area contributed by atoms with Gasteiger partial charge in [-0.3, -0.25) is 4.98 Å². The van der Waals surface area contributed by atoms with Gasteiger partial charge in [0.1, 0.15) is 5.75 Å². The third-order valence-corrected chi connectivity index (χ3v) is 3.85. The van der Waals surface area contributed by atoms with Gasteiger partial charge in [-0.25, -0.2) is 0 Å². The van der Waals surface area contributed by atoms with E-state index in [9.17, 15) is 5.11 Å². The van der Waals surface area contributed by atoms with Gasteiger partial charge in [0.25, 0.3) is 0 Å². The minimum atomic E-state index is 0.365. The summed E-state index contributed by atoms with van der Waals surface area (Å²) >= 11 is 0. The number of piperazine rings is 1. The van der Waals surface area contributed by atoms with Crippen molar-refractivity contribution in [3.8, 4) is 5.75 Å². The second kappa shape index (κ2) is 5.41. The first kappa shape index (κ1) is 12.8. The summed E-state index contributed by atoms with van der Waals surface area (Å²) in [6.07, 6.45) is 3.68. The maximum Gasteiger partial charge on any atom is 0.118 e. The summed E-state index contributed by atoms with van der Waals surface area (Å²) in [5, 5.41) is 9.60. The lowest BCUT2D eigenvalue weighted by Gasteiger charge is -2.37. The molecule has 0 aliphatic carbocycles. The van der Waals surface area contributed by atoms with Gasteiger partial charge in [0.15, 0.2) is 0 Å². The smallest absolute Gasteiger partial charge is 0.118 e. The van der Waals surface area contributed by atoms with Crippen LogP contribution in [0.2, 0.25) is 0 Å². The molecule has 0 spiro atoms. The number of aromatic hydroxyl groups is 1. The van der Waals surface area contributed by atoms with Crippen molar-refractivity contribution in [2.75, 3.05) is 36.0 Å². The molecule has 1 aromatic carbocycles. The highest BCUT2D eigenvalue weighted by molar-refractivity contribution is 5.54. The van der Waals surface area contributed by atoms with Crippen LogP contribution in [0.1, 0.15) is 5.56 Å². The Morgan fingerprint density at radius 2 is 1.50 bits per heavy atom. The van der Waals surface area contributed by atoms with Crippen molar-refractivity contribution >= 4 is 11.4 Å². The van der Waals surface area contributed by atoms with E-state index < -0.39 is 0 Å². The second-order valence-electron chi connectivity index (χ2n) is 5.15. The first-order valence-corrected chi connectivity index (χ1v) is 6.93. The Balaban J connectivity index is 1.68. The van der Waals surface area contributed by atoms with Gasteiger partial charge in [0, 0.05) is 49.9 Å². The van der Waals surface area contributed by atoms with E-state index in [2.05, 4.69) is 33.0 Å². The highest BCUT2D eigenvalue weighted by Gasteiger charge is 2.17. The molecule has 0 saturated carbocycles. The maximum absolute atomic E-state index is 9.60. The SMILES string of the molecule is Cc1cc(N2CCN(c3ccncc3)CC2)ccc1O. The van der Waals surface area contributed by atoms with Crippen LogP contribution in [0.4, 0.5) is 11.4 Å². The number of nitrogens with zero attached hydrogens (tertiary/aromatic N) is 3. The number of phenolic OH excluding ortho intramolecular Hbond substituents is 1. The van der Waals surface area contributed by atoms with Crippen LogP contribution in [0.5, 0.6) is 5.75 Å². The summed E-state index contributed by atoms with van der Waals surface area (Å²) in [6.45, 7) is 5.93. The third kappa shape index (κ3) is 2.54. The Morgan fingerprint density at radius 3 is 2.10 bits per heavy atom. The van der Waals surface area contributed by atoms with Crippen LogP contribution in [0.3, 0.4) is 0 Å². The number of pyridine rings is 1. The predicted octanol–water partition coefficient (Wildman–Crippen LogP) is 2.42. The summed E-state index contributed by atoms with van der Waals surface area (Å²) in [6, 6.07) is 9.93. The van der Waals surface area contributed by atoms with Gasteiger partial charge in [-0.05, 0) is 42.8 Å². The zero-order valence-corrected chi connectivity index (χ0v) is 11.7. The molecule has 1 saturated heterocycles. The molecule has 1 N–H and O–H groups in total. The normalized spacial score (nSPS) is 15.4. The summed E-state index contributed by atoms with van der Waals surface area (Å²) in [5.41, 5.74) is 3.36. The van der Waals surface area contributed by atoms with E-state index in [-0.39, 0.29) is 0 Å². The monoisotopic (exact) mass is 269 g/mol. The van der Waals surface area contributed by atoms with Gasteiger partial charge in [0.2, 0.25) is 0 Å². The largest absolute Gasteiger partial charge is 0.508 e. The van der Waals surface area contributed by atoms with Crippen molar-refractivity contribution in [1.29, 1.82) is 0 Å². The van der Waals surface area contributed by atoms with Crippen LogP contribution < -0.4 is 9.80 Å². The highest BCUT2D eigenvalue weighted by atomic mass is 16.3. The molecular formula is C16H19N3O. The summed E-state index contributed by atoms with van der Waals surface area (Å²) in [4.78, 5) is 8.81. The standard InChI is InChI=1S/C16H19N3O/c1-13-12-15(2-3-16(13)20)19-10-8-18(9-11-19)14-4-6-17-7-5-14/h2-7,12,20H,8-11H2,1H3. The van der Waals surface area contributed by atoms with Gasteiger partial charge in [-0.1, -0.05) is 0 Å².